The molecule has 5 aromatic rings. The van der Waals surface area contributed by atoms with E-state index < -0.39 is 0 Å². The van der Waals surface area contributed by atoms with E-state index in [1.807, 2.05) is 12.1 Å². The molecule has 5 rings (SSSR count). The average molecular weight is 485 g/mol. The van der Waals surface area contributed by atoms with Crippen LogP contribution >= 0.6 is 0 Å². The number of rotatable bonds is 5. The van der Waals surface area contributed by atoms with Gasteiger partial charge in [0.1, 0.15) is 0 Å². The van der Waals surface area contributed by atoms with E-state index in [1.165, 1.54) is 33.4 Å². The molecule has 0 amide bonds. The molecule has 0 spiro atoms. The zero-order valence-electron chi connectivity index (χ0n) is 22.3. The topological polar surface area (TPSA) is 29.3 Å². The van der Waals surface area contributed by atoms with Crippen LogP contribution in [0.1, 0.15) is 33.4 Å². The predicted molar refractivity (Wildman–Crippen MR) is 160 cm³/mol. The van der Waals surface area contributed by atoms with Crippen molar-refractivity contribution in [1.82, 2.24) is 0 Å². The summed E-state index contributed by atoms with van der Waals surface area (Å²) in [6.45, 7) is 8.44. The van der Waals surface area contributed by atoms with Gasteiger partial charge in [0, 0.05) is 22.7 Å². The fraction of sp³-hybridized carbons (Fsp3) is 0.143. The number of anilines is 4. The van der Waals surface area contributed by atoms with Crippen LogP contribution in [0.2, 0.25) is 0 Å². The highest BCUT2D eigenvalue weighted by Gasteiger charge is 2.11. The fourth-order valence-corrected chi connectivity index (χ4v) is 4.11. The Hall–Kier alpha value is -4.30. The van der Waals surface area contributed by atoms with Crippen molar-refractivity contribution in [1.29, 1.82) is 0 Å². The second kappa shape index (κ2) is 12.1. The van der Waals surface area contributed by atoms with Gasteiger partial charge in [-0.2, -0.15) is 0 Å². The molecule has 0 heterocycles. The van der Waals surface area contributed by atoms with E-state index >= 15 is 0 Å². The predicted octanol–water partition coefficient (Wildman–Crippen LogP) is 9.25. The standard InChI is InChI=1S/C20H20N2.C15H16/c1-15-3-9-18(10-4-15)22(19-11-5-16(2)6-12-19)20-13-7-17(21)8-14-20;1-12-3-7-14(8-4-12)11-15-9-5-13(2)6-10-15/h3-14H,21H2,1-2H3;3-10H,11H2,1-2H3. The van der Waals surface area contributed by atoms with Crippen LogP contribution in [0.25, 0.3) is 0 Å². The van der Waals surface area contributed by atoms with E-state index in [-0.39, 0.29) is 0 Å². The van der Waals surface area contributed by atoms with Crippen molar-refractivity contribution in [3.63, 3.8) is 0 Å². The van der Waals surface area contributed by atoms with Gasteiger partial charge in [0.2, 0.25) is 0 Å². The third-order valence-corrected chi connectivity index (χ3v) is 6.39. The Morgan fingerprint density at radius 3 is 1.00 bits per heavy atom. The molecule has 0 unspecified atom stereocenters. The second-order valence-corrected chi connectivity index (χ2v) is 9.75. The van der Waals surface area contributed by atoms with Crippen LogP contribution in [0.4, 0.5) is 22.7 Å². The van der Waals surface area contributed by atoms with Gasteiger partial charge in [-0.25, -0.2) is 0 Å². The lowest BCUT2D eigenvalue weighted by molar-refractivity contribution is 1.18. The first-order chi connectivity index (χ1) is 17.9. The summed E-state index contributed by atoms with van der Waals surface area (Å²) in [7, 11) is 0. The van der Waals surface area contributed by atoms with Crippen LogP contribution in [0, 0.1) is 27.7 Å². The first-order valence-corrected chi connectivity index (χ1v) is 12.8. The highest BCUT2D eigenvalue weighted by molar-refractivity contribution is 5.77. The molecule has 2 N–H and O–H groups in total. The van der Waals surface area contributed by atoms with Crippen molar-refractivity contribution in [3.8, 4) is 0 Å². The Morgan fingerprint density at radius 1 is 0.405 bits per heavy atom. The Kier molecular flexibility index (Phi) is 8.43. The number of aryl methyl sites for hydroxylation is 4. The first-order valence-electron chi connectivity index (χ1n) is 12.8. The molecule has 5 aromatic carbocycles. The lowest BCUT2D eigenvalue weighted by atomic mass is 10.0. The average Bonchev–Trinajstić information content (AvgIpc) is 2.91. The molecule has 2 heteroatoms. The molecule has 186 valence electrons. The van der Waals surface area contributed by atoms with Gasteiger partial charge in [0.15, 0.2) is 0 Å². The molecule has 0 radical (unpaired) electrons. The van der Waals surface area contributed by atoms with Crippen LogP contribution in [0.15, 0.2) is 121 Å². The van der Waals surface area contributed by atoms with Gasteiger partial charge >= 0.3 is 0 Å². The number of hydrogen-bond donors (Lipinski definition) is 1. The van der Waals surface area contributed by atoms with Crippen LogP contribution in [-0.4, -0.2) is 0 Å². The van der Waals surface area contributed by atoms with Crippen molar-refractivity contribution >= 4 is 22.7 Å². The Balaban J connectivity index is 0.000000186. The maximum atomic E-state index is 5.83. The molecule has 0 bridgehead atoms. The quantitative estimate of drug-likeness (QED) is 0.252. The van der Waals surface area contributed by atoms with Gasteiger partial charge in [-0.3, -0.25) is 0 Å². The number of benzene rings is 5. The summed E-state index contributed by atoms with van der Waals surface area (Å²) in [5.74, 6) is 0. The summed E-state index contributed by atoms with van der Waals surface area (Å²) in [5.41, 5.74) is 17.9. The number of nitrogens with two attached hydrogens (primary N) is 1. The zero-order valence-corrected chi connectivity index (χ0v) is 22.3. The Labute approximate surface area is 222 Å². The van der Waals surface area contributed by atoms with E-state index in [4.69, 9.17) is 5.73 Å². The minimum atomic E-state index is 0.775. The molecule has 37 heavy (non-hydrogen) atoms. The molecule has 0 aromatic heterocycles. The monoisotopic (exact) mass is 484 g/mol. The summed E-state index contributed by atoms with van der Waals surface area (Å²) >= 11 is 0. The summed E-state index contributed by atoms with van der Waals surface area (Å²) < 4.78 is 0. The minimum absolute atomic E-state index is 0.775. The lowest BCUT2D eigenvalue weighted by Crippen LogP contribution is -2.09. The SMILES string of the molecule is Cc1ccc(Cc2ccc(C)cc2)cc1.Cc1ccc(N(c2ccc(C)cc2)c2ccc(N)cc2)cc1. The van der Waals surface area contributed by atoms with Gasteiger partial charge < -0.3 is 10.6 Å². The number of nitrogens with zero attached hydrogens (tertiary/aromatic N) is 1. The highest BCUT2D eigenvalue weighted by Crippen LogP contribution is 2.34. The van der Waals surface area contributed by atoms with E-state index in [0.717, 1.165) is 29.2 Å². The molecular weight excluding hydrogens is 448 g/mol. The molecule has 0 atom stereocenters. The fourth-order valence-electron chi connectivity index (χ4n) is 4.11. The Morgan fingerprint density at radius 2 is 0.676 bits per heavy atom. The summed E-state index contributed by atoms with van der Waals surface area (Å²) in [5, 5.41) is 0. The van der Waals surface area contributed by atoms with Gasteiger partial charge in [-0.15, -0.1) is 0 Å². The van der Waals surface area contributed by atoms with E-state index in [0.29, 0.717) is 0 Å². The number of hydrogen-bond acceptors (Lipinski definition) is 2. The third kappa shape index (κ3) is 7.35. The van der Waals surface area contributed by atoms with Crippen molar-refractivity contribution in [2.75, 3.05) is 10.6 Å². The van der Waals surface area contributed by atoms with Crippen molar-refractivity contribution in [3.05, 3.63) is 155 Å². The molecule has 0 aliphatic carbocycles. The van der Waals surface area contributed by atoms with Crippen LogP contribution in [0.3, 0.4) is 0 Å². The molecule has 2 nitrogen and oxygen atoms in total. The number of nitrogen functional groups attached to an aromatic ring is 1. The largest absolute Gasteiger partial charge is 0.399 e. The van der Waals surface area contributed by atoms with Gasteiger partial charge in [-0.05, 0) is 93.8 Å². The summed E-state index contributed by atoms with van der Waals surface area (Å²) in [6.07, 6.45) is 1.03. The van der Waals surface area contributed by atoms with Gasteiger partial charge in [0.25, 0.3) is 0 Å². The first kappa shape index (κ1) is 25.8. The molecule has 0 fully saturated rings. The maximum Gasteiger partial charge on any atom is 0.0463 e. The van der Waals surface area contributed by atoms with Crippen LogP contribution in [0.5, 0.6) is 0 Å². The van der Waals surface area contributed by atoms with Crippen LogP contribution < -0.4 is 10.6 Å². The summed E-state index contributed by atoms with van der Waals surface area (Å²) in [4.78, 5) is 2.23. The van der Waals surface area contributed by atoms with Crippen molar-refractivity contribution in [2.24, 2.45) is 0 Å². The van der Waals surface area contributed by atoms with Gasteiger partial charge in [0.05, 0.1) is 0 Å². The second-order valence-electron chi connectivity index (χ2n) is 9.75. The van der Waals surface area contributed by atoms with E-state index in [9.17, 15) is 0 Å². The van der Waals surface area contributed by atoms with Crippen molar-refractivity contribution in [2.45, 2.75) is 34.1 Å². The minimum Gasteiger partial charge on any atom is -0.399 e. The lowest BCUT2D eigenvalue weighted by Gasteiger charge is -2.25. The normalized spacial score (nSPS) is 10.4. The van der Waals surface area contributed by atoms with Crippen LogP contribution in [-0.2, 0) is 6.42 Å². The molecule has 0 aliphatic rings. The molecular formula is C35H36N2. The third-order valence-electron chi connectivity index (χ3n) is 6.39. The van der Waals surface area contributed by atoms with E-state index in [2.05, 4.69) is 142 Å². The summed E-state index contributed by atoms with van der Waals surface area (Å²) in [6, 6.07) is 42.6. The Bertz CT molecular complexity index is 1230. The maximum absolute atomic E-state index is 5.83. The van der Waals surface area contributed by atoms with Gasteiger partial charge in [-0.1, -0.05) is 95.1 Å². The zero-order chi connectivity index (χ0) is 26.2. The highest BCUT2D eigenvalue weighted by atomic mass is 15.1. The molecule has 0 saturated heterocycles. The van der Waals surface area contributed by atoms with E-state index in [1.54, 1.807) is 0 Å². The smallest absolute Gasteiger partial charge is 0.0463 e. The van der Waals surface area contributed by atoms with Crippen molar-refractivity contribution < 1.29 is 0 Å². The molecule has 0 aliphatic heterocycles. The molecule has 0 saturated carbocycles.